The van der Waals surface area contributed by atoms with Gasteiger partial charge in [0.15, 0.2) is 17.5 Å². The summed E-state index contributed by atoms with van der Waals surface area (Å²) in [6.07, 6.45) is 1.86. The lowest BCUT2D eigenvalue weighted by Crippen LogP contribution is -2.00. The lowest BCUT2D eigenvalue weighted by atomic mass is 9.95. The molecule has 0 fully saturated rings. The van der Waals surface area contributed by atoms with Crippen LogP contribution in [0.15, 0.2) is 182 Å². The zero-order valence-corrected chi connectivity index (χ0v) is 27.1. The molecule has 50 heavy (non-hydrogen) atoms. The van der Waals surface area contributed by atoms with E-state index in [2.05, 4.69) is 158 Å². The molecule has 234 valence electrons. The molecule has 0 spiro atoms. The van der Waals surface area contributed by atoms with Gasteiger partial charge < -0.3 is 0 Å². The predicted octanol–water partition coefficient (Wildman–Crippen LogP) is 11.6. The largest absolute Gasteiger partial charge is 0.256 e. The number of rotatable bonds is 6. The van der Waals surface area contributed by atoms with Gasteiger partial charge in [0.1, 0.15) is 0 Å². The van der Waals surface area contributed by atoms with Crippen molar-refractivity contribution in [2.75, 3.05) is 0 Å². The number of aromatic nitrogens is 4. The summed E-state index contributed by atoms with van der Waals surface area (Å²) in [5.41, 5.74) is 10.6. The molecular formula is C46H30N4. The van der Waals surface area contributed by atoms with Crippen molar-refractivity contribution in [2.24, 2.45) is 0 Å². The number of fused-ring (bicyclic) bond motifs is 3. The molecule has 9 rings (SSSR count). The van der Waals surface area contributed by atoms with Crippen molar-refractivity contribution in [2.45, 2.75) is 0 Å². The van der Waals surface area contributed by atoms with Crippen LogP contribution in [0, 0.1) is 0 Å². The van der Waals surface area contributed by atoms with Gasteiger partial charge in [-0.2, -0.15) is 0 Å². The van der Waals surface area contributed by atoms with Gasteiger partial charge in [0, 0.05) is 33.7 Å². The van der Waals surface area contributed by atoms with Gasteiger partial charge in [0.05, 0.1) is 5.52 Å². The second kappa shape index (κ2) is 12.7. The van der Waals surface area contributed by atoms with Crippen molar-refractivity contribution in [1.29, 1.82) is 0 Å². The Morgan fingerprint density at radius 2 is 0.800 bits per heavy atom. The maximum absolute atomic E-state index is 5.07. The van der Waals surface area contributed by atoms with Crippen molar-refractivity contribution in [3.63, 3.8) is 0 Å². The Hall–Kier alpha value is -6.78. The van der Waals surface area contributed by atoms with Crippen LogP contribution >= 0.6 is 0 Å². The maximum atomic E-state index is 5.07. The Morgan fingerprint density at radius 3 is 1.42 bits per heavy atom. The molecule has 0 amide bonds. The first-order valence-electron chi connectivity index (χ1n) is 16.7. The third kappa shape index (κ3) is 5.59. The third-order valence-corrected chi connectivity index (χ3v) is 9.20. The number of nitrogens with zero attached hydrogens (tertiary/aromatic N) is 4. The minimum absolute atomic E-state index is 0.624. The van der Waals surface area contributed by atoms with E-state index in [1.165, 1.54) is 11.1 Å². The Morgan fingerprint density at radius 1 is 0.300 bits per heavy atom. The average Bonchev–Trinajstić information content (AvgIpc) is 3.21. The molecule has 7 aromatic carbocycles. The summed E-state index contributed by atoms with van der Waals surface area (Å²) in [4.78, 5) is 19.9. The summed E-state index contributed by atoms with van der Waals surface area (Å²) in [6.45, 7) is 0. The maximum Gasteiger partial charge on any atom is 0.164 e. The van der Waals surface area contributed by atoms with Crippen LogP contribution in [0.25, 0.3) is 89.2 Å². The molecule has 0 atom stereocenters. The molecule has 0 aliphatic carbocycles. The van der Waals surface area contributed by atoms with E-state index in [1.807, 2.05) is 24.4 Å². The van der Waals surface area contributed by atoms with Crippen LogP contribution in [0.2, 0.25) is 0 Å². The van der Waals surface area contributed by atoms with E-state index in [1.54, 1.807) is 0 Å². The van der Waals surface area contributed by atoms with Gasteiger partial charge in [0.25, 0.3) is 0 Å². The van der Waals surface area contributed by atoms with E-state index in [-0.39, 0.29) is 0 Å². The Bertz CT molecular complexity index is 2510. The number of pyridine rings is 1. The average molecular weight is 639 g/mol. The van der Waals surface area contributed by atoms with E-state index in [9.17, 15) is 0 Å². The van der Waals surface area contributed by atoms with Crippen molar-refractivity contribution in [3.05, 3.63) is 182 Å². The number of hydrogen-bond donors (Lipinski definition) is 0. The van der Waals surface area contributed by atoms with Gasteiger partial charge >= 0.3 is 0 Å². The molecule has 2 aromatic heterocycles. The molecule has 0 aliphatic rings. The van der Waals surface area contributed by atoms with Crippen LogP contribution in [0.1, 0.15) is 0 Å². The van der Waals surface area contributed by atoms with E-state index in [0.29, 0.717) is 17.5 Å². The molecule has 0 saturated carbocycles. The Balaban J connectivity index is 1.16. The van der Waals surface area contributed by atoms with Crippen LogP contribution in [-0.2, 0) is 0 Å². The molecule has 0 radical (unpaired) electrons. The molecule has 0 aliphatic heterocycles. The standard InChI is InChI=1S/C46H30N4/c1-3-10-31(11-4-1)33-19-23-36(24-20-33)44-48-45(37-25-21-34(22-26-37)32-12-5-2-6-13-32)50-46(49-44)39-15-7-14-38(30-39)40-17-8-18-42-41(40)28-27-35-16-9-29-47-43(35)42/h1-30H. The van der Waals surface area contributed by atoms with Gasteiger partial charge in [-0.3, -0.25) is 4.98 Å². The smallest absolute Gasteiger partial charge is 0.164 e. The molecule has 9 aromatic rings. The lowest BCUT2D eigenvalue weighted by Gasteiger charge is -2.12. The summed E-state index contributed by atoms with van der Waals surface area (Å²) in [6, 6.07) is 61.0. The lowest BCUT2D eigenvalue weighted by molar-refractivity contribution is 1.07. The highest BCUT2D eigenvalue weighted by atomic mass is 15.0. The SMILES string of the molecule is c1ccc(-c2ccc(-c3nc(-c4ccc(-c5ccccc5)cc4)nc(-c4cccc(-c5cccc6c5ccc5cccnc56)c4)n3)cc2)cc1. The van der Waals surface area contributed by atoms with E-state index >= 15 is 0 Å². The van der Waals surface area contributed by atoms with Crippen molar-refractivity contribution in [3.8, 4) is 67.5 Å². The van der Waals surface area contributed by atoms with Gasteiger partial charge in [-0.05, 0) is 50.9 Å². The Kier molecular flexibility index (Phi) is 7.45. The third-order valence-electron chi connectivity index (χ3n) is 9.20. The van der Waals surface area contributed by atoms with Crippen LogP contribution in [0.5, 0.6) is 0 Å². The second-order valence-corrected chi connectivity index (χ2v) is 12.3. The molecule has 2 heterocycles. The topological polar surface area (TPSA) is 51.6 Å². The fourth-order valence-corrected chi connectivity index (χ4v) is 6.63. The molecule has 4 nitrogen and oxygen atoms in total. The number of hydrogen-bond acceptors (Lipinski definition) is 4. The first-order valence-corrected chi connectivity index (χ1v) is 16.7. The highest BCUT2D eigenvalue weighted by Gasteiger charge is 2.15. The van der Waals surface area contributed by atoms with Crippen LogP contribution in [-0.4, -0.2) is 19.9 Å². The van der Waals surface area contributed by atoms with E-state index < -0.39 is 0 Å². The molecular weight excluding hydrogens is 609 g/mol. The van der Waals surface area contributed by atoms with Crippen molar-refractivity contribution >= 4 is 21.7 Å². The molecule has 4 heteroatoms. The molecule has 0 N–H and O–H groups in total. The second-order valence-electron chi connectivity index (χ2n) is 12.3. The summed E-state index contributed by atoms with van der Waals surface area (Å²) < 4.78 is 0. The highest BCUT2D eigenvalue weighted by molar-refractivity contribution is 6.10. The van der Waals surface area contributed by atoms with Crippen LogP contribution in [0.3, 0.4) is 0 Å². The molecule has 0 bridgehead atoms. The van der Waals surface area contributed by atoms with Crippen LogP contribution in [0.4, 0.5) is 0 Å². The minimum atomic E-state index is 0.624. The monoisotopic (exact) mass is 638 g/mol. The minimum Gasteiger partial charge on any atom is -0.256 e. The quantitative estimate of drug-likeness (QED) is 0.170. The van der Waals surface area contributed by atoms with Crippen LogP contribution < -0.4 is 0 Å². The zero-order valence-electron chi connectivity index (χ0n) is 27.1. The summed E-state index contributed by atoms with van der Waals surface area (Å²) in [7, 11) is 0. The van der Waals surface area contributed by atoms with E-state index in [0.717, 1.165) is 60.6 Å². The number of benzene rings is 7. The fourth-order valence-electron chi connectivity index (χ4n) is 6.63. The first-order chi connectivity index (χ1) is 24.8. The summed E-state index contributed by atoms with van der Waals surface area (Å²) >= 11 is 0. The highest BCUT2D eigenvalue weighted by Crippen LogP contribution is 2.35. The normalized spacial score (nSPS) is 11.2. The van der Waals surface area contributed by atoms with Gasteiger partial charge in [0.2, 0.25) is 0 Å². The molecule has 0 saturated heterocycles. The van der Waals surface area contributed by atoms with Crippen molar-refractivity contribution in [1.82, 2.24) is 19.9 Å². The Labute approximate surface area is 290 Å². The predicted molar refractivity (Wildman–Crippen MR) is 205 cm³/mol. The summed E-state index contributed by atoms with van der Waals surface area (Å²) in [5, 5.41) is 3.42. The van der Waals surface area contributed by atoms with Gasteiger partial charge in [-0.25, -0.2) is 15.0 Å². The van der Waals surface area contributed by atoms with Gasteiger partial charge in [-0.15, -0.1) is 0 Å². The van der Waals surface area contributed by atoms with Crippen molar-refractivity contribution < 1.29 is 0 Å². The first kappa shape index (κ1) is 29.4. The molecule has 0 unspecified atom stereocenters. The van der Waals surface area contributed by atoms with Gasteiger partial charge in [-0.1, -0.05) is 164 Å². The fraction of sp³-hybridized carbons (Fsp3) is 0. The summed E-state index contributed by atoms with van der Waals surface area (Å²) in [5.74, 6) is 1.88. The van der Waals surface area contributed by atoms with E-state index in [4.69, 9.17) is 19.9 Å². The zero-order chi connectivity index (χ0) is 33.3.